The van der Waals surface area contributed by atoms with Crippen LogP contribution in [0, 0.1) is 0 Å². The van der Waals surface area contributed by atoms with E-state index in [9.17, 15) is 4.79 Å². The van der Waals surface area contributed by atoms with Crippen molar-refractivity contribution in [2.45, 2.75) is 19.0 Å². The van der Waals surface area contributed by atoms with Gasteiger partial charge in [-0.25, -0.2) is 4.79 Å². The Labute approximate surface area is 107 Å². The summed E-state index contributed by atoms with van der Waals surface area (Å²) >= 11 is 0. The molecule has 2 atom stereocenters. The first-order valence-corrected chi connectivity index (χ1v) is 5.86. The molecule has 96 valence electrons. The zero-order valence-corrected chi connectivity index (χ0v) is 10.8. The second-order valence-electron chi connectivity index (χ2n) is 4.22. The maximum Gasteiger partial charge on any atom is 0.410 e. The van der Waals surface area contributed by atoms with Crippen molar-refractivity contribution in [3.63, 3.8) is 0 Å². The van der Waals surface area contributed by atoms with Gasteiger partial charge in [0.15, 0.2) is 0 Å². The minimum absolute atomic E-state index is 0.0459. The van der Waals surface area contributed by atoms with Crippen LogP contribution in [0.5, 0.6) is 5.75 Å². The summed E-state index contributed by atoms with van der Waals surface area (Å²) in [5, 5.41) is 0. The molecule has 18 heavy (non-hydrogen) atoms. The number of methoxy groups -OCH3 is 2. The number of carbonyl (C=O) groups is 1. The molecule has 0 saturated heterocycles. The molecule has 0 unspecified atom stereocenters. The van der Waals surface area contributed by atoms with Crippen LogP contribution < -0.4 is 4.74 Å². The van der Waals surface area contributed by atoms with Crippen molar-refractivity contribution in [2.24, 2.45) is 0 Å². The topological polar surface area (TPSA) is 38.8 Å². The molecular formula is C14H17NO3. The van der Waals surface area contributed by atoms with Crippen molar-refractivity contribution >= 4 is 6.09 Å². The molecule has 1 aromatic carbocycles. The number of benzene rings is 1. The lowest BCUT2D eigenvalue weighted by Gasteiger charge is -2.27. The molecule has 0 bridgehead atoms. The van der Waals surface area contributed by atoms with Crippen molar-refractivity contribution in [1.29, 1.82) is 0 Å². The largest absolute Gasteiger partial charge is 0.497 e. The van der Waals surface area contributed by atoms with E-state index in [1.54, 1.807) is 12.0 Å². The smallest absolute Gasteiger partial charge is 0.410 e. The molecule has 2 rings (SSSR count). The molecule has 0 fully saturated rings. The maximum atomic E-state index is 11.8. The lowest BCUT2D eigenvalue weighted by molar-refractivity contribution is 0.110. The Balaban J connectivity index is 2.25. The van der Waals surface area contributed by atoms with Gasteiger partial charge in [0.1, 0.15) is 5.75 Å². The zero-order valence-electron chi connectivity index (χ0n) is 10.8. The van der Waals surface area contributed by atoms with Crippen molar-refractivity contribution in [2.75, 3.05) is 14.2 Å². The van der Waals surface area contributed by atoms with Crippen LogP contribution in [0.15, 0.2) is 36.4 Å². The molecule has 0 spiro atoms. The molecule has 0 radical (unpaired) electrons. The second-order valence-corrected chi connectivity index (χ2v) is 4.22. The lowest BCUT2D eigenvalue weighted by atomic mass is 10.1. The maximum absolute atomic E-state index is 11.8. The Morgan fingerprint density at radius 1 is 1.17 bits per heavy atom. The summed E-state index contributed by atoms with van der Waals surface area (Å²) in [5.41, 5.74) is 1.04. The van der Waals surface area contributed by atoms with Gasteiger partial charge in [-0.15, -0.1) is 0 Å². The van der Waals surface area contributed by atoms with Crippen LogP contribution in [0.1, 0.15) is 18.5 Å². The highest BCUT2D eigenvalue weighted by Crippen LogP contribution is 2.31. The van der Waals surface area contributed by atoms with Crippen molar-refractivity contribution in [3.05, 3.63) is 42.0 Å². The molecule has 1 heterocycles. The van der Waals surface area contributed by atoms with Crippen molar-refractivity contribution < 1.29 is 14.3 Å². The quantitative estimate of drug-likeness (QED) is 0.754. The molecule has 0 N–H and O–H groups in total. The third kappa shape index (κ3) is 2.18. The summed E-state index contributed by atoms with van der Waals surface area (Å²) < 4.78 is 9.95. The fraction of sp³-hybridized carbons (Fsp3) is 0.357. The van der Waals surface area contributed by atoms with Gasteiger partial charge in [0.2, 0.25) is 0 Å². The highest BCUT2D eigenvalue weighted by molar-refractivity contribution is 5.70. The van der Waals surface area contributed by atoms with Crippen LogP contribution in [0.2, 0.25) is 0 Å². The van der Waals surface area contributed by atoms with Gasteiger partial charge in [0.05, 0.1) is 26.3 Å². The monoisotopic (exact) mass is 247 g/mol. The number of hydrogen-bond donors (Lipinski definition) is 0. The Morgan fingerprint density at radius 3 is 2.39 bits per heavy atom. The van der Waals surface area contributed by atoms with Gasteiger partial charge in [-0.05, 0) is 24.6 Å². The molecule has 1 amide bonds. The normalized spacial score (nSPS) is 22.1. The van der Waals surface area contributed by atoms with Crippen molar-refractivity contribution in [3.8, 4) is 5.75 Å². The first-order valence-electron chi connectivity index (χ1n) is 5.86. The highest BCUT2D eigenvalue weighted by atomic mass is 16.5. The predicted molar refractivity (Wildman–Crippen MR) is 68.6 cm³/mol. The van der Waals surface area contributed by atoms with Crippen LogP contribution >= 0.6 is 0 Å². The number of nitrogens with zero attached hydrogens (tertiary/aromatic N) is 1. The van der Waals surface area contributed by atoms with E-state index in [1.165, 1.54) is 7.11 Å². The number of amides is 1. The fourth-order valence-electron chi connectivity index (χ4n) is 2.16. The van der Waals surface area contributed by atoms with Crippen molar-refractivity contribution in [1.82, 2.24) is 4.90 Å². The predicted octanol–water partition coefficient (Wildman–Crippen LogP) is 2.76. The third-order valence-corrected chi connectivity index (χ3v) is 3.15. The van der Waals surface area contributed by atoms with Crippen LogP contribution in [0.3, 0.4) is 0 Å². The SMILES string of the molecule is COC(=O)N1[C@H](C)C=C[C@H]1c1ccc(OC)cc1. The van der Waals surface area contributed by atoms with E-state index in [-0.39, 0.29) is 18.2 Å². The summed E-state index contributed by atoms with van der Waals surface area (Å²) in [4.78, 5) is 13.5. The van der Waals surface area contributed by atoms with Crippen LogP contribution in [0.25, 0.3) is 0 Å². The number of carbonyl (C=O) groups excluding carboxylic acids is 1. The molecule has 0 aliphatic carbocycles. The number of rotatable bonds is 2. The van der Waals surface area contributed by atoms with Gasteiger partial charge in [-0.3, -0.25) is 4.90 Å². The van der Waals surface area contributed by atoms with Gasteiger partial charge >= 0.3 is 6.09 Å². The Morgan fingerprint density at radius 2 is 1.83 bits per heavy atom. The minimum atomic E-state index is -0.312. The van der Waals surface area contributed by atoms with Gasteiger partial charge in [-0.1, -0.05) is 24.3 Å². The first-order chi connectivity index (χ1) is 8.67. The number of hydrogen-bond acceptors (Lipinski definition) is 3. The summed E-state index contributed by atoms with van der Waals surface area (Å²) in [6, 6.07) is 7.68. The lowest BCUT2D eigenvalue weighted by Crippen LogP contribution is -2.36. The Bertz CT molecular complexity index is 453. The Kier molecular flexibility index (Phi) is 3.55. The summed E-state index contributed by atoms with van der Waals surface area (Å²) in [6.45, 7) is 1.97. The van der Waals surface area contributed by atoms with E-state index in [1.807, 2.05) is 43.3 Å². The van der Waals surface area contributed by atoms with Crippen LogP contribution in [-0.2, 0) is 4.74 Å². The third-order valence-electron chi connectivity index (χ3n) is 3.15. The van der Waals surface area contributed by atoms with Gasteiger partial charge in [0, 0.05) is 0 Å². The van der Waals surface area contributed by atoms with Gasteiger partial charge in [0.25, 0.3) is 0 Å². The zero-order chi connectivity index (χ0) is 13.1. The molecule has 4 nitrogen and oxygen atoms in total. The standard InChI is InChI=1S/C14H17NO3/c1-10-4-9-13(15(10)14(16)18-3)11-5-7-12(17-2)8-6-11/h4-10,13H,1-3H3/t10-,13+/m1/s1. The van der Waals surface area contributed by atoms with Gasteiger partial charge in [-0.2, -0.15) is 0 Å². The van der Waals surface area contributed by atoms with E-state index < -0.39 is 0 Å². The molecule has 0 aromatic heterocycles. The summed E-state index contributed by atoms with van der Waals surface area (Å²) in [5.74, 6) is 0.804. The molecule has 4 heteroatoms. The van der Waals surface area contributed by atoms with E-state index in [2.05, 4.69) is 0 Å². The average molecular weight is 247 g/mol. The molecular weight excluding hydrogens is 230 g/mol. The molecule has 0 saturated carbocycles. The summed E-state index contributed by atoms with van der Waals surface area (Å²) in [6.07, 6.45) is 3.71. The second kappa shape index (κ2) is 5.12. The molecule has 1 aliphatic heterocycles. The fourth-order valence-corrected chi connectivity index (χ4v) is 2.16. The van der Waals surface area contributed by atoms with Crippen LogP contribution in [-0.4, -0.2) is 31.3 Å². The van der Waals surface area contributed by atoms with E-state index in [0.29, 0.717) is 0 Å². The molecule has 1 aromatic rings. The van der Waals surface area contributed by atoms with Crippen LogP contribution in [0.4, 0.5) is 4.79 Å². The summed E-state index contributed by atoms with van der Waals surface area (Å²) in [7, 11) is 3.03. The van der Waals surface area contributed by atoms with E-state index in [0.717, 1.165) is 11.3 Å². The average Bonchev–Trinajstić information content (AvgIpc) is 2.80. The van der Waals surface area contributed by atoms with E-state index >= 15 is 0 Å². The first kappa shape index (κ1) is 12.5. The number of ether oxygens (including phenoxy) is 2. The Hall–Kier alpha value is -1.97. The minimum Gasteiger partial charge on any atom is -0.497 e. The highest BCUT2D eigenvalue weighted by Gasteiger charge is 2.31. The van der Waals surface area contributed by atoms with Gasteiger partial charge < -0.3 is 9.47 Å². The molecule has 1 aliphatic rings. The van der Waals surface area contributed by atoms with E-state index in [4.69, 9.17) is 9.47 Å².